The highest BCUT2D eigenvalue weighted by molar-refractivity contribution is 5.64. The largest absolute Gasteiger partial charge is 0.480 e. The second kappa shape index (κ2) is 4.74. The zero-order valence-corrected chi connectivity index (χ0v) is 10.8. The number of rotatable bonds is 3. The molecule has 1 aliphatic rings. The zero-order valence-electron chi connectivity index (χ0n) is 10.8. The molecule has 0 bridgehead atoms. The van der Waals surface area contributed by atoms with Gasteiger partial charge in [0.2, 0.25) is 5.88 Å². The third-order valence-electron chi connectivity index (χ3n) is 3.41. The van der Waals surface area contributed by atoms with E-state index in [0.717, 1.165) is 29.7 Å². The van der Waals surface area contributed by atoms with Crippen LogP contribution in [0.4, 0.5) is 0 Å². The maximum atomic E-state index is 9.30. The summed E-state index contributed by atoms with van der Waals surface area (Å²) in [5.74, 6) is 0.930. The molecular formula is C16H14N2O. The Hall–Kier alpha value is -2.34. The number of methoxy groups -OCH3 is 1. The average molecular weight is 250 g/mol. The van der Waals surface area contributed by atoms with Crippen LogP contribution in [-0.2, 0) is 0 Å². The summed E-state index contributed by atoms with van der Waals surface area (Å²) in [7, 11) is 1.56. The Labute approximate surface area is 112 Å². The van der Waals surface area contributed by atoms with Gasteiger partial charge in [0.25, 0.3) is 0 Å². The number of hydrogen-bond donors (Lipinski definition) is 0. The summed E-state index contributed by atoms with van der Waals surface area (Å²) in [6.45, 7) is 0. The van der Waals surface area contributed by atoms with E-state index in [0.29, 0.717) is 17.4 Å². The zero-order chi connectivity index (χ0) is 13.2. The third-order valence-corrected chi connectivity index (χ3v) is 3.41. The molecule has 0 radical (unpaired) electrons. The predicted molar refractivity (Wildman–Crippen MR) is 72.9 cm³/mol. The molecule has 3 heteroatoms. The van der Waals surface area contributed by atoms with Gasteiger partial charge in [-0.1, -0.05) is 30.3 Å². The number of ether oxygens (including phenoxy) is 1. The van der Waals surface area contributed by atoms with Gasteiger partial charge in [-0.05, 0) is 30.4 Å². The van der Waals surface area contributed by atoms with Crippen molar-refractivity contribution in [2.24, 2.45) is 0 Å². The molecule has 94 valence electrons. The quantitative estimate of drug-likeness (QED) is 0.837. The van der Waals surface area contributed by atoms with Gasteiger partial charge in [0.15, 0.2) is 0 Å². The van der Waals surface area contributed by atoms with Gasteiger partial charge in [-0.25, -0.2) is 4.98 Å². The van der Waals surface area contributed by atoms with Crippen molar-refractivity contribution >= 4 is 0 Å². The van der Waals surface area contributed by atoms with Gasteiger partial charge in [-0.15, -0.1) is 0 Å². The van der Waals surface area contributed by atoms with Gasteiger partial charge in [0.1, 0.15) is 11.6 Å². The fourth-order valence-electron chi connectivity index (χ4n) is 2.27. The first-order valence-corrected chi connectivity index (χ1v) is 6.38. The molecule has 1 saturated carbocycles. The average Bonchev–Trinajstić information content (AvgIpc) is 3.31. The highest BCUT2D eigenvalue weighted by Crippen LogP contribution is 2.44. The Bertz CT molecular complexity index is 640. The lowest BCUT2D eigenvalue weighted by Crippen LogP contribution is -1.99. The highest BCUT2D eigenvalue weighted by atomic mass is 16.5. The Morgan fingerprint density at radius 2 is 2.00 bits per heavy atom. The molecule has 0 atom stereocenters. The van der Waals surface area contributed by atoms with Crippen LogP contribution < -0.4 is 4.74 Å². The molecule has 1 aromatic carbocycles. The lowest BCUT2D eigenvalue weighted by atomic mass is 10.0. The molecule has 2 aromatic rings. The van der Waals surface area contributed by atoms with Crippen LogP contribution in [0.5, 0.6) is 5.88 Å². The van der Waals surface area contributed by atoms with E-state index in [-0.39, 0.29) is 0 Å². The van der Waals surface area contributed by atoms with E-state index in [4.69, 9.17) is 4.74 Å². The number of aromatic nitrogens is 1. The molecule has 1 fully saturated rings. The Morgan fingerprint density at radius 1 is 1.26 bits per heavy atom. The van der Waals surface area contributed by atoms with Gasteiger partial charge in [-0.2, -0.15) is 5.26 Å². The van der Waals surface area contributed by atoms with Crippen molar-refractivity contribution in [3.8, 4) is 23.2 Å². The third kappa shape index (κ3) is 2.17. The van der Waals surface area contributed by atoms with Crippen molar-refractivity contribution in [2.75, 3.05) is 7.11 Å². The molecule has 0 spiro atoms. The number of hydrogen-bond acceptors (Lipinski definition) is 3. The van der Waals surface area contributed by atoms with Gasteiger partial charge in [-0.3, -0.25) is 0 Å². The Morgan fingerprint density at radius 3 is 2.58 bits per heavy atom. The summed E-state index contributed by atoms with van der Waals surface area (Å²) in [5, 5.41) is 9.30. The standard InChI is InChI=1S/C16H14N2O/c1-19-16-14(10-17)13(11-7-8-11)9-15(18-16)12-5-3-2-4-6-12/h2-6,9,11H,7-8H2,1H3. The maximum Gasteiger partial charge on any atom is 0.232 e. The predicted octanol–water partition coefficient (Wildman–Crippen LogP) is 3.51. The fourth-order valence-corrected chi connectivity index (χ4v) is 2.27. The number of pyridine rings is 1. The molecule has 3 nitrogen and oxygen atoms in total. The molecule has 19 heavy (non-hydrogen) atoms. The summed E-state index contributed by atoms with van der Waals surface area (Å²) in [6.07, 6.45) is 2.30. The van der Waals surface area contributed by atoms with E-state index in [1.54, 1.807) is 7.11 Å². The smallest absolute Gasteiger partial charge is 0.232 e. The van der Waals surface area contributed by atoms with Crippen LogP contribution in [0.3, 0.4) is 0 Å². The maximum absolute atomic E-state index is 9.30. The number of benzene rings is 1. The summed E-state index contributed by atoms with van der Waals surface area (Å²) >= 11 is 0. The first-order chi connectivity index (χ1) is 9.33. The van der Waals surface area contributed by atoms with Crippen LogP contribution in [0.25, 0.3) is 11.3 Å². The van der Waals surface area contributed by atoms with Gasteiger partial charge in [0, 0.05) is 5.56 Å². The van der Waals surface area contributed by atoms with Gasteiger partial charge in [0.05, 0.1) is 12.8 Å². The molecule has 1 aliphatic carbocycles. The van der Waals surface area contributed by atoms with Crippen LogP contribution in [-0.4, -0.2) is 12.1 Å². The second-order valence-corrected chi connectivity index (χ2v) is 4.73. The summed E-state index contributed by atoms with van der Waals surface area (Å²) in [5.41, 5.74) is 3.59. The highest BCUT2D eigenvalue weighted by Gasteiger charge is 2.29. The van der Waals surface area contributed by atoms with E-state index in [9.17, 15) is 5.26 Å². The minimum atomic E-state index is 0.436. The molecule has 0 amide bonds. The lowest BCUT2D eigenvalue weighted by Gasteiger charge is -2.10. The molecule has 0 unspecified atom stereocenters. The topological polar surface area (TPSA) is 45.9 Å². The minimum absolute atomic E-state index is 0.436. The Kier molecular flexibility index (Phi) is 2.92. The van der Waals surface area contributed by atoms with Crippen molar-refractivity contribution in [2.45, 2.75) is 18.8 Å². The second-order valence-electron chi connectivity index (χ2n) is 4.73. The number of nitrogens with zero attached hydrogens (tertiary/aromatic N) is 2. The van der Waals surface area contributed by atoms with E-state index in [1.807, 2.05) is 36.4 Å². The lowest BCUT2D eigenvalue weighted by molar-refractivity contribution is 0.396. The molecule has 0 aliphatic heterocycles. The van der Waals surface area contributed by atoms with E-state index >= 15 is 0 Å². The van der Waals surface area contributed by atoms with Crippen molar-refractivity contribution in [3.63, 3.8) is 0 Å². The summed E-state index contributed by atoms with van der Waals surface area (Å²) < 4.78 is 5.28. The van der Waals surface area contributed by atoms with E-state index in [1.165, 1.54) is 0 Å². The van der Waals surface area contributed by atoms with E-state index in [2.05, 4.69) is 11.1 Å². The Balaban J connectivity index is 2.17. The van der Waals surface area contributed by atoms with Crippen molar-refractivity contribution < 1.29 is 4.74 Å². The first kappa shape index (κ1) is 11.7. The van der Waals surface area contributed by atoms with Crippen LogP contribution in [0, 0.1) is 11.3 Å². The molecule has 1 heterocycles. The summed E-state index contributed by atoms with van der Waals surface area (Å²) in [4.78, 5) is 4.46. The summed E-state index contributed by atoms with van der Waals surface area (Å²) in [6, 6.07) is 14.2. The number of nitriles is 1. The normalized spacial score (nSPS) is 13.9. The molecular weight excluding hydrogens is 236 g/mol. The SMILES string of the molecule is COc1nc(-c2ccccc2)cc(C2CC2)c1C#N. The van der Waals surface area contributed by atoms with Crippen LogP contribution >= 0.6 is 0 Å². The van der Waals surface area contributed by atoms with E-state index < -0.39 is 0 Å². The van der Waals surface area contributed by atoms with Crippen molar-refractivity contribution in [1.82, 2.24) is 4.98 Å². The van der Waals surface area contributed by atoms with Crippen LogP contribution in [0.2, 0.25) is 0 Å². The van der Waals surface area contributed by atoms with Crippen LogP contribution in [0.15, 0.2) is 36.4 Å². The minimum Gasteiger partial charge on any atom is -0.480 e. The molecule has 1 aromatic heterocycles. The van der Waals surface area contributed by atoms with Crippen LogP contribution in [0.1, 0.15) is 29.9 Å². The molecule has 0 saturated heterocycles. The fraction of sp³-hybridized carbons (Fsp3) is 0.250. The van der Waals surface area contributed by atoms with Gasteiger partial charge < -0.3 is 4.74 Å². The van der Waals surface area contributed by atoms with Crippen molar-refractivity contribution in [3.05, 3.63) is 47.5 Å². The molecule has 3 rings (SSSR count). The first-order valence-electron chi connectivity index (χ1n) is 6.38. The van der Waals surface area contributed by atoms with Gasteiger partial charge >= 0.3 is 0 Å². The molecule has 0 N–H and O–H groups in total. The monoisotopic (exact) mass is 250 g/mol. The van der Waals surface area contributed by atoms with Crippen molar-refractivity contribution in [1.29, 1.82) is 5.26 Å².